The molecular weight excluding hydrogens is 370 g/mol. The van der Waals surface area contributed by atoms with E-state index < -0.39 is 0 Å². The van der Waals surface area contributed by atoms with E-state index in [4.69, 9.17) is 4.99 Å². The Hall–Kier alpha value is -2.74. The van der Waals surface area contributed by atoms with Crippen molar-refractivity contribution in [3.8, 4) is 0 Å². The van der Waals surface area contributed by atoms with Gasteiger partial charge in [-0.05, 0) is 19.4 Å². The van der Waals surface area contributed by atoms with Crippen LogP contribution in [0.2, 0.25) is 0 Å². The summed E-state index contributed by atoms with van der Waals surface area (Å²) in [5, 5.41) is 12.9. The topological polar surface area (TPSA) is 71.2 Å². The lowest BCUT2D eigenvalue weighted by Gasteiger charge is -2.22. The van der Waals surface area contributed by atoms with Crippen LogP contribution in [0.1, 0.15) is 27.1 Å². The number of nitrogens with zero attached hydrogens (tertiary/aromatic N) is 6. The fraction of sp³-hybridized carbons (Fsp3) is 0.400. The number of aryl methyl sites for hydroxylation is 2. The van der Waals surface area contributed by atoms with Gasteiger partial charge in [-0.15, -0.1) is 21.5 Å². The Labute approximate surface area is 170 Å². The highest BCUT2D eigenvalue weighted by Crippen LogP contribution is 2.12. The second kappa shape index (κ2) is 9.45. The number of likely N-dealkylation sites (N-methyl/N-ethyl adjacent to an activating group) is 1. The van der Waals surface area contributed by atoms with Crippen LogP contribution >= 0.6 is 11.3 Å². The SMILES string of the molecule is Cc1cnc(CCN(C)C(=NCc2ccccc2)NCc2nnc(C)n2C)s1. The van der Waals surface area contributed by atoms with Crippen molar-refractivity contribution >= 4 is 17.3 Å². The molecule has 0 aliphatic carbocycles. The summed E-state index contributed by atoms with van der Waals surface area (Å²) in [6, 6.07) is 10.3. The van der Waals surface area contributed by atoms with Crippen molar-refractivity contribution in [2.75, 3.05) is 13.6 Å². The minimum atomic E-state index is 0.575. The maximum absolute atomic E-state index is 4.82. The van der Waals surface area contributed by atoms with Crippen molar-refractivity contribution in [2.45, 2.75) is 33.4 Å². The van der Waals surface area contributed by atoms with E-state index in [1.807, 2.05) is 42.9 Å². The molecule has 0 saturated carbocycles. The fourth-order valence-electron chi connectivity index (χ4n) is 2.71. The van der Waals surface area contributed by atoms with Crippen LogP contribution in [0, 0.1) is 13.8 Å². The molecule has 0 atom stereocenters. The van der Waals surface area contributed by atoms with Crippen LogP contribution < -0.4 is 5.32 Å². The molecule has 0 saturated heterocycles. The quantitative estimate of drug-likeness (QED) is 0.490. The van der Waals surface area contributed by atoms with Gasteiger partial charge in [0.1, 0.15) is 5.82 Å². The number of hydrogen-bond donors (Lipinski definition) is 1. The van der Waals surface area contributed by atoms with Crippen LogP contribution in [0.4, 0.5) is 0 Å². The van der Waals surface area contributed by atoms with E-state index in [9.17, 15) is 0 Å². The summed E-state index contributed by atoms with van der Waals surface area (Å²) < 4.78 is 1.99. The van der Waals surface area contributed by atoms with E-state index in [1.54, 1.807) is 11.3 Å². The molecule has 7 nitrogen and oxygen atoms in total. The zero-order chi connectivity index (χ0) is 19.9. The molecule has 0 bridgehead atoms. The Morgan fingerprint density at radius 3 is 2.64 bits per heavy atom. The first-order valence-corrected chi connectivity index (χ1v) is 10.1. The number of benzene rings is 1. The number of rotatable bonds is 7. The third kappa shape index (κ3) is 5.39. The monoisotopic (exact) mass is 397 g/mol. The van der Waals surface area contributed by atoms with Crippen LogP contribution in [0.25, 0.3) is 0 Å². The molecule has 0 unspecified atom stereocenters. The van der Waals surface area contributed by atoms with Crippen molar-refractivity contribution in [3.63, 3.8) is 0 Å². The molecule has 28 heavy (non-hydrogen) atoms. The minimum Gasteiger partial charge on any atom is -0.349 e. The van der Waals surface area contributed by atoms with Gasteiger partial charge < -0.3 is 14.8 Å². The van der Waals surface area contributed by atoms with Crippen LogP contribution in [-0.2, 0) is 26.6 Å². The zero-order valence-electron chi connectivity index (χ0n) is 16.9. The van der Waals surface area contributed by atoms with E-state index >= 15 is 0 Å². The minimum absolute atomic E-state index is 0.575. The summed E-state index contributed by atoms with van der Waals surface area (Å²) in [6.45, 7) is 6.07. The summed E-state index contributed by atoms with van der Waals surface area (Å²) in [6.07, 6.45) is 2.82. The van der Waals surface area contributed by atoms with E-state index in [-0.39, 0.29) is 0 Å². The highest BCUT2D eigenvalue weighted by Gasteiger charge is 2.11. The van der Waals surface area contributed by atoms with E-state index in [2.05, 4.69) is 51.5 Å². The average molecular weight is 398 g/mol. The molecule has 0 aliphatic heterocycles. The van der Waals surface area contributed by atoms with Gasteiger partial charge in [0.05, 0.1) is 18.1 Å². The Morgan fingerprint density at radius 1 is 1.21 bits per heavy atom. The van der Waals surface area contributed by atoms with E-state index in [1.165, 1.54) is 10.4 Å². The Bertz CT molecular complexity index is 914. The van der Waals surface area contributed by atoms with Crippen molar-refractivity contribution in [1.29, 1.82) is 0 Å². The smallest absolute Gasteiger partial charge is 0.194 e. The fourth-order valence-corrected chi connectivity index (χ4v) is 3.49. The highest BCUT2D eigenvalue weighted by molar-refractivity contribution is 7.11. The summed E-state index contributed by atoms with van der Waals surface area (Å²) in [5.74, 6) is 2.62. The summed E-state index contributed by atoms with van der Waals surface area (Å²) in [7, 11) is 4.03. The number of nitrogens with one attached hydrogen (secondary N) is 1. The van der Waals surface area contributed by atoms with Gasteiger partial charge in [0.25, 0.3) is 0 Å². The second-order valence-electron chi connectivity index (χ2n) is 6.74. The van der Waals surface area contributed by atoms with Gasteiger partial charge in [-0.2, -0.15) is 0 Å². The summed E-state index contributed by atoms with van der Waals surface area (Å²) in [5.41, 5.74) is 1.18. The zero-order valence-corrected chi connectivity index (χ0v) is 17.7. The van der Waals surface area contributed by atoms with Gasteiger partial charge in [-0.3, -0.25) is 0 Å². The molecule has 1 N–H and O–H groups in total. The molecule has 1 aromatic carbocycles. The first-order valence-electron chi connectivity index (χ1n) is 9.32. The first-order chi connectivity index (χ1) is 13.5. The molecule has 3 aromatic rings. The average Bonchev–Trinajstić information content (AvgIpc) is 3.26. The van der Waals surface area contributed by atoms with Crippen molar-refractivity contribution < 1.29 is 0 Å². The number of aromatic nitrogens is 4. The number of thiazole rings is 1. The normalized spacial score (nSPS) is 11.6. The van der Waals surface area contributed by atoms with Gasteiger partial charge in [0.2, 0.25) is 0 Å². The third-order valence-electron chi connectivity index (χ3n) is 4.53. The van der Waals surface area contributed by atoms with E-state index in [0.717, 1.165) is 35.6 Å². The lowest BCUT2D eigenvalue weighted by molar-refractivity contribution is 0.480. The van der Waals surface area contributed by atoms with Gasteiger partial charge in [0.15, 0.2) is 11.8 Å². The molecule has 0 aliphatic rings. The molecule has 0 radical (unpaired) electrons. The molecule has 8 heteroatoms. The van der Waals surface area contributed by atoms with Crippen LogP contribution in [0.5, 0.6) is 0 Å². The van der Waals surface area contributed by atoms with Gasteiger partial charge >= 0.3 is 0 Å². The second-order valence-corrected chi connectivity index (χ2v) is 8.06. The van der Waals surface area contributed by atoms with Gasteiger partial charge in [-0.1, -0.05) is 30.3 Å². The molecule has 0 fully saturated rings. The van der Waals surface area contributed by atoms with Crippen molar-refractivity contribution in [2.24, 2.45) is 12.0 Å². The number of guanidine groups is 1. The maximum atomic E-state index is 4.82. The lowest BCUT2D eigenvalue weighted by Crippen LogP contribution is -2.40. The van der Waals surface area contributed by atoms with Gasteiger partial charge in [-0.25, -0.2) is 9.98 Å². The maximum Gasteiger partial charge on any atom is 0.194 e. The lowest BCUT2D eigenvalue weighted by atomic mass is 10.2. The molecule has 3 rings (SSSR count). The predicted octanol–water partition coefficient (Wildman–Crippen LogP) is 2.71. The Morgan fingerprint density at radius 2 is 2.00 bits per heavy atom. The van der Waals surface area contributed by atoms with Crippen molar-refractivity contribution in [1.82, 2.24) is 30.0 Å². The van der Waals surface area contributed by atoms with Gasteiger partial charge in [0, 0.05) is 38.1 Å². The van der Waals surface area contributed by atoms with Crippen LogP contribution in [0.3, 0.4) is 0 Å². The third-order valence-corrected chi connectivity index (χ3v) is 5.51. The van der Waals surface area contributed by atoms with Crippen LogP contribution in [0.15, 0.2) is 41.5 Å². The largest absolute Gasteiger partial charge is 0.349 e. The van der Waals surface area contributed by atoms with Crippen LogP contribution in [-0.4, -0.2) is 44.2 Å². The molecule has 148 valence electrons. The Balaban J connectivity index is 1.67. The molecule has 2 heterocycles. The molecular formula is C20H27N7S. The molecule has 0 amide bonds. The Kier molecular flexibility index (Phi) is 6.76. The standard InChI is InChI=1S/C20H27N7S/c1-15-12-21-19(28-15)10-11-26(3)20(22-13-17-8-6-5-7-9-17)23-14-18-25-24-16(2)27(18)4/h5-9,12H,10-11,13-14H2,1-4H3,(H,22,23). The highest BCUT2D eigenvalue weighted by atomic mass is 32.1. The number of hydrogen-bond acceptors (Lipinski definition) is 5. The molecule has 0 spiro atoms. The molecule has 2 aromatic heterocycles. The number of aliphatic imine (C=N–C) groups is 1. The van der Waals surface area contributed by atoms with E-state index in [0.29, 0.717) is 13.1 Å². The summed E-state index contributed by atoms with van der Waals surface area (Å²) in [4.78, 5) is 12.7. The van der Waals surface area contributed by atoms with Crippen molar-refractivity contribution in [3.05, 3.63) is 63.6 Å². The first kappa shape index (κ1) is 20.0. The summed E-state index contributed by atoms with van der Waals surface area (Å²) >= 11 is 1.75. The predicted molar refractivity (Wildman–Crippen MR) is 113 cm³/mol.